The molecule has 0 aliphatic heterocycles. The highest BCUT2D eigenvalue weighted by atomic mass is 16.5. The Bertz CT molecular complexity index is 1120. The average Bonchev–Trinajstić information content (AvgIpc) is 2.82. The maximum absolute atomic E-state index is 13.2. The Morgan fingerprint density at radius 2 is 1.97 bits per heavy atom. The largest absolute Gasteiger partial charge is 0.497 e. The first-order chi connectivity index (χ1) is 15.9. The number of carbonyl (C=O) groups is 1. The van der Waals surface area contributed by atoms with Gasteiger partial charge >= 0.3 is 0 Å². The Morgan fingerprint density at radius 3 is 2.70 bits per heavy atom. The summed E-state index contributed by atoms with van der Waals surface area (Å²) < 4.78 is 11.3. The summed E-state index contributed by atoms with van der Waals surface area (Å²) in [6.07, 6.45) is 6.89. The second kappa shape index (κ2) is 9.57. The SMILES string of the molecule is CC[C@H](Oc1cccc(OC)c1)C(=O)N[C@H]1CC(C)(C)Cc2nc(-c3ccncc3)ncc21. The van der Waals surface area contributed by atoms with Gasteiger partial charge in [0.2, 0.25) is 0 Å². The fourth-order valence-electron chi connectivity index (χ4n) is 4.24. The van der Waals surface area contributed by atoms with E-state index in [4.69, 9.17) is 14.5 Å². The van der Waals surface area contributed by atoms with E-state index in [1.54, 1.807) is 25.6 Å². The minimum absolute atomic E-state index is 0.00974. The van der Waals surface area contributed by atoms with E-state index < -0.39 is 6.10 Å². The molecule has 0 spiro atoms. The molecule has 7 heteroatoms. The van der Waals surface area contributed by atoms with Gasteiger partial charge in [0.15, 0.2) is 11.9 Å². The number of carbonyl (C=O) groups excluding carboxylic acids is 1. The van der Waals surface area contributed by atoms with E-state index in [1.807, 2.05) is 43.5 Å². The van der Waals surface area contributed by atoms with Gasteiger partial charge < -0.3 is 14.8 Å². The van der Waals surface area contributed by atoms with Crippen LogP contribution in [0.5, 0.6) is 11.5 Å². The third-order valence-electron chi connectivity index (χ3n) is 5.92. The third-order valence-corrected chi connectivity index (χ3v) is 5.92. The van der Waals surface area contributed by atoms with Crippen LogP contribution in [0.15, 0.2) is 55.0 Å². The molecule has 1 N–H and O–H groups in total. The molecule has 2 atom stereocenters. The second-order valence-corrected chi connectivity index (χ2v) is 9.13. The minimum Gasteiger partial charge on any atom is -0.497 e. The lowest BCUT2D eigenvalue weighted by Gasteiger charge is -2.37. The monoisotopic (exact) mass is 446 g/mol. The van der Waals surface area contributed by atoms with Crippen molar-refractivity contribution in [3.05, 3.63) is 66.2 Å². The smallest absolute Gasteiger partial charge is 0.261 e. The molecule has 1 aliphatic rings. The zero-order valence-corrected chi connectivity index (χ0v) is 19.5. The first-order valence-corrected chi connectivity index (χ1v) is 11.3. The Balaban J connectivity index is 1.55. The lowest BCUT2D eigenvalue weighted by atomic mass is 9.74. The molecule has 1 amide bonds. The summed E-state index contributed by atoms with van der Waals surface area (Å²) in [5, 5.41) is 3.20. The number of methoxy groups -OCH3 is 1. The van der Waals surface area contributed by atoms with Crippen molar-refractivity contribution in [1.29, 1.82) is 0 Å². The molecule has 7 nitrogen and oxygen atoms in total. The topological polar surface area (TPSA) is 86.2 Å². The van der Waals surface area contributed by atoms with E-state index in [1.165, 1.54) is 0 Å². The third kappa shape index (κ3) is 5.30. The predicted octanol–water partition coefficient (Wildman–Crippen LogP) is 4.53. The van der Waals surface area contributed by atoms with Crippen molar-refractivity contribution in [3.8, 4) is 22.9 Å². The molecule has 2 heterocycles. The predicted molar refractivity (Wildman–Crippen MR) is 126 cm³/mol. The second-order valence-electron chi connectivity index (χ2n) is 9.13. The molecular weight excluding hydrogens is 416 g/mol. The van der Waals surface area contributed by atoms with E-state index in [0.717, 1.165) is 29.7 Å². The van der Waals surface area contributed by atoms with Crippen LogP contribution < -0.4 is 14.8 Å². The van der Waals surface area contributed by atoms with Crippen molar-refractivity contribution in [3.63, 3.8) is 0 Å². The van der Waals surface area contributed by atoms with Crippen molar-refractivity contribution >= 4 is 5.91 Å². The van der Waals surface area contributed by atoms with E-state index >= 15 is 0 Å². The van der Waals surface area contributed by atoms with Crippen LogP contribution in [0.2, 0.25) is 0 Å². The maximum atomic E-state index is 13.2. The first-order valence-electron chi connectivity index (χ1n) is 11.3. The summed E-state index contributed by atoms with van der Waals surface area (Å²) in [6.45, 7) is 6.34. The Hall–Kier alpha value is -3.48. The van der Waals surface area contributed by atoms with Gasteiger partial charge in [0, 0.05) is 35.8 Å². The van der Waals surface area contributed by atoms with Crippen molar-refractivity contribution in [1.82, 2.24) is 20.3 Å². The van der Waals surface area contributed by atoms with Gasteiger partial charge in [0.1, 0.15) is 11.5 Å². The molecule has 1 aliphatic carbocycles. The quantitative estimate of drug-likeness (QED) is 0.574. The number of hydrogen-bond donors (Lipinski definition) is 1. The number of ether oxygens (including phenoxy) is 2. The molecule has 0 saturated heterocycles. The number of pyridine rings is 1. The van der Waals surface area contributed by atoms with Crippen molar-refractivity contribution in [2.24, 2.45) is 5.41 Å². The van der Waals surface area contributed by atoms with Crippen molar-refractivity contribution in [2.75, 3.05) is 7.11 Å². The highest BCUT2D eigenvalue weighted by Crippen LogP contribution is 2.40. The molecule has 0 saturated carbocycles. The molecule has 2 aromatic heterocycles. The normalized spacial score (nSPS) is 17.5. The number of aromatic nitrogens is 3. The van der Waals surface area contributed by atoms with Gasteiger partial charge in [0.05, 0.1) is 18.8 Å². The van der Waals surface area contributed by atoms with Crippen LogP contribution in [0, 0.1) is 5.41 Å². The number of nitrogens with zero attached hydrogens (tertiary/aromatic N) is 3. The molecule has 0 radical (unpaired) electrons. The summed E-state index contributed by atoms with van der Waals surface area (Å²) in [6, 6.07) is 10.9. The molecule has 0 fully saturated rings. The molecule has 172 valence electrons. The fraction of sp³-hybridized carbons (Fsp3) is 0.385. The molecule has 33 heavy (non-hydrogen) atoms. The van der Waals surface area contributed by atoms with Gasteiger partial charge in [-0.3, -0.25) is 9.78 Å². The molecule has 0 unspecified atom stereocenters. The lowest BCUT2D eigenvalue weighted by Crippen LogP contribution is -2.43. The zero-order chi connectivity index (χ0) is 23.4. The Kier molecular flexibility index (Phi) is 6.58. The van der Waals surface area contributed by atoms with Crippen molar-refractivity contribution < 1.29 is 14.3 Å². The standard InChI is InChI=1S/C26H30N4O3/c1-5-23(33-19-8-6-7-18(13-19)32-4)25(31)30-22-15-26(2,3)14-21-20(22)16-28-24(29-21)17-9-11-27-12-10-17/h6-13,16,22-23H,5,14-15H2,1-4H3,(H,30,31)/t22-,23-/m0/s1. The van der Waals surface area contributed by atoms with Gasteiger partial charge in [-0.2, -0.15) is 0 Å². The fourth-order valence-corrected chi connectivity index (χ4v) is 4.24. The van der Waals surface area contributed by atoms with E-state index in [9.17, 15) is 4.79 Å². The van der Waals surface area contributed by atoms with Crippen LogP contribution in [-0.4, -0.2) is 34.1 Å². The number of nitrogens with one attached hydrogen (secondary N) is 1. The van der Waals surface area contributed by atoms with E-state index in [0.29, 0.717) is 23.7 Å². The maximum Gasteiger partial charge on any atom is 0.261 e. The Labute approximate surface area is 194 Å². The van der Waals surface area contributed by atoms with Gasteiger partial charge in [0.25, 0.3) is 5.91 Å². The molecule has 3 aromatic rings. The summed E-state index contributed by atoms with van der Waals surface area (Å²) >= 11 is 0. The van der Waals surface area contributed by atoms with Gasteiger partial charge in [-0.25, -0.2) is 9.97 Å². The number of hydrogen-bond acceptors (Lipinski definition) is 6. The van der Waals surface area contributed by atoms with Crippen LogP contribution in [0.1, 0.15) is 50.9 Å². The lowest BCUT2D eigenvalue weighted by molar-refractivity contribution is -0.129. The molecule has 0 bridgehead atoms. The minimum atomic E-state index is -0.609. The van der Waals surface area contributed by atoms with Gasteiger partial charge in [-0.05, 0) is 48.9 Å². The van der Waals surface area contributed by atoms with Crippen LogP contribution in [-0.2, 0) is 11.2 Å². The number of benzene rings is 1. The highest BCUT2D eigenvalue weighted by molar-refractivity contribution is 5.81. The first kappa shape index (κ1) is 22.7. The van der Waals surface area contributed by atoms with Gasteiger partial charge in [-0.1, -0.05) is 26.8 Å². The summed E-state index contributed by atoms with van der Waals surface area (Å²) in [5.74, 6) is 1.82. The van der Waals surface area contributed by atoms with Crippen LogP contribution in [0.3, 0.4) is 0 Å². The number of amides is 1. The van der Waals surface area contributed by atoms with Gasteiger partial charge in [-0.15, -0.1) is 0 Å². The van der Waals surface area contributed by atoms with E-state index in [2.05, 4.69) is 29.1 Å². The summed E-state index contributed by atoms with van der Waals surface area (Å²) in [5.41, 5.74) is 2.86. The van der Waals surface area contributed by atoms with Crippen LogP contribution >= 0.6 is 0 Å². The summed E-state index contributed by atoms with van der Waals surface area (Å²) in [4.78, 5) is 26.7. The highest BCUT2D eigenvalue weighted by Gasteiger charge is 2.35. The molecule has 4 rings (SSSR count). The van der Waals surface area contributed by atoms with Crippen molar-refractivity contribution in [2.45, 2.75) is 52.2 Å². The van der Waals surface area contributed by atoms with E-state index in [-0.39, 0.29) is 17.4 Å². The zero-order valence-electron chi connectivity index (χ0n) is 19.5. The van der Waals surface area contributed by atoms with Crippen LogP contribution in [0.4, 0.5) is 0 Å². The summed E-state index contributed by atoms with van der Waals surface area (Å²) in [7, 11) is 1.60. The number of fused-ring (bicyclic) bond motifs is 1. The molecule has 1 aromatic carbocycles. The number of rotatable bonds is 7. The average molecular weight is 447 g/mol. The Morgan fingerprint density at radius 1 is 1.21 bits per heavy atom. The van der Waals surface area contributed by atoms with Crippen LogP contribution in [0.25, 0.3) is 11.4 Å². The molecular formula is C26H30N4O3.